The Kier molecular flexibility index (Phi) is 5.09. The van der Waals surface area contributed by atoms with Gasteiger partial charge in [0, 0.05) is 17.7 Å². The van der Waals surface area contributed by atoms with E-state index in [0.29, 0.717) is 12.5 Å². The van der Waals surface area contributed by atoms with Crippen molar-refractivity contribution in [1.29, 1.82) is 0 Å². The SMILES string of the molecule is CCOC(=O)/C=C/c1ccc2cc(CC(C)C)cnc2c1. The van der Waals surface area contributed by atoms with Crippen LogP contribution in [0.2, 0.25) is 0 Å². The summed E-state index contributed by atoms with van der Waals surface area (Å²) in [5.41, 5.74) is 3.14. The fraction of sp³-hybridized carbons (Fsp3) is 0.333. The molecule has 2 rings (SSSR count). The zero-order valence-electron chi connectivity index (χ0n) is 12.8. The van der Waals surface area contributed by atoms with Crippen molar-refractivity contribution in [3.8, 4) is 0 Å². The topological polar surface area (TPSA) is 39.2 Å². The minimum absolute atomic E-state index is 0.321. The van der Waals surface area contributed by atoms with Crippen molar-refractivity contribution in [3.05, 3.63) is 47.7 Å². The maximum Gasteiger partial charge on any atom is 0.330 e. The number of carbonyl (C=O) groups excluding carboxylic acids is 1. The Morgan fingerprint density at radius 2 is 2.14 bits per heavy atom. The van der Waals surface area contributed by atoms with Crippen LogP contribution in [0.5, 0.6) is 0 Å². The third kappa shape index (κ3) is 4.42. The molecule has 110 valence electrons. The molecule has 2 aromatic rings. The fourth-order valence-corrected chi connectivity index (χ4v) is 2.23. The second-order valence-electron chi connectivity index (χ2n) is 5.48. The van der Waals surface area contributed by atoms with Gasteiger partial charge in [-0.15, -0.1) is 0 Å². The molecule has 0 unspecified atom stereocenters. The molecule has 0 radical (unpaired) electrons. The van der Waals surface area contributed by atoms with E-state index in [-0.39, 0.29) is 5.97 Å². The van der Waals surface area contributed by atoms with Crippen LogP contribution < -0.4 is 0 Å². The summed E-state index contributed by atoms with van der Waals surface area (Å²) in [6.07, 6.45) is 6.16. The van der Waals surface area contributed by atoms with Crippen LogP contribution in [-0.2, 0) is 16.0 Å². The molecule has 0 bridgehead atoms. The van der Waals surface area contributed by atoms with Crippen molar-refractivity contribution in [3.63, 3.8) is 0 Å². The molecule has 0 fully saturated rings. The van der Waals surface area contributed by atoms with E-state index in [9.17, 15) is 4.79 Å². The molecule has 0 amide bonds. The number of hydrogen-bond donors (Lipinski definition) is 0. The molecular weight excluding hydrogens is 262 g/mol. The highest BCUT2D eigenvalue weighted by atomic mass is 16.5. The van der Waals surface area contributed by atoms with Crippen molar-refractivity contribution in [2.75, 3.05) is 6.61 Å². The molecule has 0 saturated carbocycles. The van der Waals surface area contributed by atoms with Gasteiger partial charge in [-0.1, -0.05) is 26.0 Å². The number of aromatic nitrogens is 1. The first kappa shape index (κ1) is 15.2. The first-order valence-corrected chi connectivity index (χ1v) is 7.32. The van der Waals surface area contributed by atoms with Gasteiger partial charge in [0.15, 0.2) is 0 Å². The van der Waals surface area contributed by atoms with E-state index in [1.165, 1.54) is 11.6 Å². The number of ether oxygens (including phenoxy) is 1. The van der Waals surface area contributed by atoms with Crippen LogP contribution in [-0.4, -0.2) is 17.6 Å². The summed E-state index contributed by atoms with van der Waals surface area (Å²) in [6, 6.07) is 8.18. The van der Waals surface area contributed by atoms with Gasteiger partial charge in [0.25, 0.3) is 0 Å². The smallest absolute Gasteiger partial charge is 0.330 e. The van der Waals surface area contributed by atoms with Crippen molar-refractivity contribution in [2.24, 2.45) is 5.92 Å². The van der Waals surface area contributed by atoms with Crippen LogP contribution in [0.1, 0.15) is 31.9 Å². The summed E-state index contributed by atoms with van der Waals surface area (Å²) in [4.78, 5) is 15.8. The Bertz CT molecular complexity index is 659. The Hall–Kier alpha value is -2.16. The monoisotopic (exact) mass is 283 g/mol. The number of esters is 1. The zero-order chi connectivity index (χ0) is 15.2. The van der Waals surface area contributed by atoms with Crippen molar-refractivity contribution in [1.82, 2.24) is 4.98 Å². The van der Waals surface area contributed by atoms with Gasteiger partial charge in [-0.2, -0.15) is 0 Å². The molecule has 3 nitrogen and oxygen atoms in total. The number of pyridine rings is 1. The van der Waals surface area contributed by atoms with Crippen LogP contribution in [0.4, 0.5) is 0 Å². The van der Waals surface area contributed by atoms with E-state index in [0.717, 1.165) is 22.9 Å². The van der Waals surface area contributed by atoms with E-state index >= 15 is 0 Å². The van der Waals surface area contributed by atoms with E-state index in [1.54, 1.807) is 13.0 Å². The maximum absolute atomic E-state index is 11.3. The molecule has 0 spiro atoms. The first-order chi connectivity index (χ1) is 10.1. The quantitative estimate of drug-likeness (QED) is 0.615. The lowest BCUT2D eigenvalue weighted by Gasteiger charge is -2.06. The van der Waals surface area contributed by atoms with Gasteiger partial charge in [-0.3, -0.25) is 4.98 Å². The summed E-state index contributed by atoms with van der Waals surface area (Å²) < 4.78 is 4.86. The average molecular weight is 283 g/mol. The van der Waals surface area contributed by atoms with E-state index in [4.69, 9.17) is 4.74 Å². The molecule has 0 saturated heterocycles. The van der Waals surface area contributed by atoms with Gasteiger partial charge in [0.1, 0.15) is 0 Å². The lowest BCUT2D eigenvalue weighted by Crippen LogP contribution is -1.98. The molecule has 1 aromatic heterocycles. The van der Waals surface area contributed by atoms with E-state index in [1.807, 2.05) is 24.4 Å². The molecule has 21 heavy (non-hydrogen) atoms. The standard InChI is InChI=1S/C18H21NO2/c1-4-21-18(20)8-6-14-5-7-16-10-15(9-13(2)3)12-19-17(16)11-14/h5-8,10-13H,4,9H2,1-3H3/b8-6+. The predicted molar refractivity (Wildman–Crippen MR) is 86.0 cm³/mol. The maximum atomic E-state index is 11.3. The summed E-state index contributed by atoms with van der Waals surface area (Å²) in [6.45, 7) is 6.59. The van der Waals surface area contributed by atoms with Crippen LogP contribution in [0.3, 0.4) is 0 Å². The van der Waals surface area contributed by atoms with E-state index in [2.05, 4.69) is 24.9 Å². The Balaban J connectivity index is 2.20. The lowest BCUT2D eigenvalue weighted by molar-refractivity contribution is -0.137. The van der Waals surface area contributed by atoms with Crippen LogP contribution in [0, 0.1) is 5.92 Å². The van der Waals surface area contributed by atoms with Gasteiger partial charge >= 0.3 is 5.97 Å². The number of hydrogen-bond acceptors (Lipinski definition) is 3. The van der Waals surface area contributed by atoms with Gasteiger partial charge in [0.05, 0.1) is 12.1 Å². The second kappa shape index (κ2) is 7.02. The molecule has 1 heterocycles. The van der Waals surface area contributed by atoms with Crippen molar-refractivity contribution in [2.45, 2.75) is 27.2 Å². The predicted octanol–water partition coefficient (Wildman–Crippen LogP) is 4.01. The number of nitrogens with zero attached hydrogens (tertiary/aromatic N) is 1. The molecule has 1 aromatic carbocycles. The van der Waals surface area contributed by atoms with Gasteiger partial charge < -0.3 is 4.74 Å². The molecule has 0 N–H and O–H groups in total. The largest absolute Gasteiger partial charge is 0.463 e. The molecule has 0 aliphatic carbocycles. The molecular formula is C18H21NO2. The average Bonchev–Trinajstić information content (AvgIpc) is 2.44. The zero-order valence-corrected chi connectivity index (χ0v) is 12.8. The second-order valence-corrected chi connectivity index (χ2v) is 5.48. The van der Waals surface area contributed by atoms with E-state index < -0.39 is 0 Å². The number of fused-ring (bicyclic) bond motifs is 1. The summed E-state index contributed by atoms with van der Waals surface area (Å²) in [5.74, 6) is 0.300. The van der Waals surface area contributed by atoms with Crippen LogP contribution in [0.15, 0.2) is 36.5 Å². The Labute approximate surface area is 125 Å². The van der Waals surface area contributed by atoms with Crippen LogP contribution >= 0.6 is 0 Å². The molecule has 0 atom stereocenters. The molecule has 0 aliphatic heterocycles. The van der Waals surface area contributed by atoms with Crippen LogP contribution in [0.25, 0.3) is 17.0 Å². The third-order valence-corrected chi connectivity index (χ3v) is 3.11. The van der Waals surface area contributed by atoms with Gasteiger partial charge in [-0.25, -0.2) is 4.79 Å². The fourth-order valence-electron chi connectivity index (χ4n) is 2.23. The Morgan fingerprint density at radius 3 is 2.86 bits per heavy atom. The van der Waals surface area contributed by atoms with Crippen molar-refractivity contribution < 1.29 is 9.53 Å². The van der Waals surface area contributed by atoms with Gasteiger partial charge in [-0.05, 0) is 48.6 Å². The number of rotatable bonds is 5. The molecule has 3 heteroatoms. The number of benzene rings is 1. The highest BCUT2D eigenvalue weighted by Crippen LogP contribution is 2.18. The minimum atomic E-state index is -0.321. The summed E-state index contributed by atoms with van der Waals surface area (Å²) in [5, 5.41) is 1.13. The third-order valence-electron chi connectivity index (χ3n) is 3.11. The highest BCUT2D eigenvalue weighted by Gasteiger charge is 2.02. The summed E-state index contributed by atoms with van der Waals surface area (Å²) >= 11 is 0. The molecule has 0 aliphatic rings. The van der Waals surface area contributed by atoms with Crippen molar-refractivity contribution >= 4 is 22.9 Å². The number of carbonyl (C=O) groups is 1. The first-order valence-electron chi connectivity index (χ1n) is 7.32. The highest BCUT2D eigenvalue weighted by molar-refractivity contribution is 5.88. The Morgan fingerprint density at radius 1 is 1.33 bits per heavy atom. The summed E-state index contributed by atoms with van der Waals surface area (Å²) in [7, 11) is 0. The van der Waals surface area contributed by atoms with Gasteiger partial charge in [0.2, 0.25) is 0 Å². The normalized spacial score (nSPS) is 11.4. The minimum Gasteiger partial charge on any atom is -0.463 e. The lowest BCUT2D eigenvalue weighted by atomic mass is 10.0.